The molecule has 1 aromatic heterocycles. The molecule has 0 radical (unpaired) electrons. The molecule has 0 aliphatic carbocycles. The Labute approximate surface area is 183 Å². The maximum absolute atomic E-state index is 14.0. The largest absolute Gasteiger partial charge is 0.367 e. The zero-order valence-electron chi connectivity index (χ0n) is 17.7. The smallest absolute Gasteiger partial charge is 0.246 e. The summed E-state index contributed by atoms with van der Waals surface area (Å²) in [5, 5.41) is 9.29. The predicted octanol–water partition coefficient (Wildman–Crippen LogP) is 3.87. The second-order valence-electron chi connectivity index (χ2n) is 8.15. The van der Waals surface area contributed by atoms with Crippen LogP contribution in [0.5, 0.6) is 0 Å². The Kier molecular flexibility index (Phi) is 5.78. The van der Waals surface area contributed by atoms with Gasteiger partial charge in [0.1, 0.15) is 23.5 Å². The summed E-state index contributed by atoms with van der Waals surface area (Å²) in [7, 11) is 0. The van der Waals surface area contributed by atoms with Crippen LogP contribution in [0, 0.1) is 34.7 Å². The van der Waals surface area contributed by atoms with E-state index in [1.165, 1.54) is 12.4 Å². The van der Waals surface area contributed by atoms with Crippen LogP contribution in [0.1, 0.15) is 25.5 Å². The van der Waals surface area contributed by atoms with E-state index in [-0.39, 0.29) is 22.9 Å². The summed E-state index contributed by atoms with van der Waals surface area (Å²) in [6.45, 7) is 5.43. The molecule has 1 unspecified atom stereocenters. The first-order valence-electron chi connectivity index (χ1n) is 10.4. The van der Waals surface area contributed by atoms with Crippen molar-refractivity contribution in [2.45, 2.75) is 19.9 Å². The molecule has 0 N–H and O–H groups in total. The molecule has 6 nitrogen and oxygen atoms in total. The number of aromatic nitrogens is 2. The molecule has 0 bridgehead atoms. The van der Waals surface area contributed by atoms with E-state index in [0.717, 1.165) is 12.1 Å². The number of hydrogen-bond acceptors (Lipinski definition) is 4. The molecule has 9 heteroatoms. The molecular weight excluding hydrogens is 419 g/mol. The number of nitriles is 1. The molecule has 1 aliphatic rings. The van der Waals surface area contributed by atoms with Gasteiger partial charge in [-0.3, -0.25) is 4.79 Å². The SMILES string of the molecule is CC(C)C(C(=O)N1CCN(c2cccc(F)c2C#N)CC1)n1cnc2cc(F)c(F)cc21. The first-order valence-corrected chi connectivity index (χ1v) is 10.4. The lowest BCUT2D eigenvalue weighted by atomic mass is 10.0. The summed E-state index contributed by atoms with van der Waals surface area (Å²) in [5.74, 6) is -2.83. The lowest BCUT2D eigenvalue weighted by Gasteiger charge is -2.38. The number of hydrogen-bond donors (Lipinski definition) is 0. The number of amides is 1. The van der Waals surface area contributed by atoms with Crippen LogP contribution in [0.3, 0.4) is 0 Å². The number of carbonyl (C=O) groups is 1. The zero-order chi connectivity index (χ0) is 23.0. The van der Waals surface area contributed by atoms with E-state index in [9.17, 15) is 23.2 Å². The molecule has 1 saturated heterocycles. The van der Waals surface area contributed by atoms with Crippen molar-refractivity contribution in [2.75, 3.05) is 31.1 Å². The quantitative estimate of drug-likeness (QED) is 0.617. The lowest BCUT2D eigenvalue weighted by Crippen LogP contribution is -2.51. The number of nitrogens with zero attached hydrogens (tertiary/aromatic N) is 5. The van der Waals surface area contributed by atoms with E-state index in [1.807, 2.05) is 24.8 Å². The number of halogens is 3. The van der Waals surface area contributed by atoms with E-state index in [2.05, 4.69) is 4.98 Å². The van der Waals surface area contributed by atoms with Crippen molar-refractivity contribution in [3.05, 3.63) is 59.7 Å². The molecule has 0 spiro atoms. The Bertz CT molecular complexity index is 1210. The number of rotatable bonds is 4. The summed E-state index contributed by atoms with van der Waals surface area (Å²) in [4.78, 5) is 21.2. The number of benzene rings is 2. The fraction of sp³-hybridized carbons (Fsp3) is 0.348. The Hall–Kier alpha value is -3.54. The number of carbonyl (C=O) groups excluding carboxylic acids is 1. The third-order valence-electron chi connectivity index (χ3n) is 5.84. The number of anilines is 1. The Morgan fingerprint density at radius 3 is 2.41 bits per heavy atom. The molecule has 32 heavy (non-hydrogen) atoms. The van der Waals surface area contributed by atoms with Crippen molar-refractivity contribution in [3.8, 4) is 6.07 Å². The van der Waals surface area contributed by atoms with Gasteiger partial charge in [-0.25, -0.2) is 18.2 Å². The maximum atomic E-state index is 14.0. The van der Waals surface area contributed by atoms with E-state index in [1.54, 1.807) is 21.6 Å². The molecule has 0 saturated carbocycles. The highest BCUT2D eigenvalue weighted by atomic mass is 19.2. The fourth-order valence-corrected chi connectivity index (χ4v) is 4.21. The summed E-state index contributed by atoms with van der Waals surface area (Å²) in [6, 6.07) is 7.86. The van der Waals surface area contributed by atoms with E-state index < -0.39 is 23.5 Å². The van der Waals surface area contributed by atoms with Gasteiger partial charge in [0.15, 0.2) is 11.6 Å². The van der Waals surface area contributed by atoms with E-state index >= 15 is 0 Å². The van der Waals surface area contributed by atoms with Crippen LogP contribution in [0.25, 0.3) is 11.0 Å². The third-order valence-corrected chi connectivity index (χ3v) is 5.84. The highest BCUT2D eigenvalue weighted by Crippen LogP contribution is 2.29. The summed E-state index contributed by atoms with van der Waals surface area (Å²) in [6.07, 6.45) is 1.44. The minimum atomic E-state index is -0.994. The molecule has 4 rings (SSSR count). The van der Waals surface area contributed by atoms with Gasteiger partial charge in [-0.2, -0.15) is 5.26 Å². The molecular formula is C23H22F3N5O. The van der Waals surface area contributed by atoms with Gasteiger partial charge < -0.3 is 14.4 Å². The average molecular weight is 441 g/mol. The first-order chi connectivity index (χ1) is 15.3. The van der Waals surface area contributed by atoms with Crippen LogP contribution in [0.4, 0.5) is 18.9 Å². The molecule has 1 atom stereocenters. The van der Waals surface area contributed by atoms with Gasteiger partial charge in [-0.05, 0) is 18.1 Å². The van der Waals surface area contributed by atoms with Crippen LogP contribution >= 0.6 is 0 Å². The number of piperazine rings is 1. The lowest BCUT2D eigenvalue weighted by molar-refractivity contribution is -0.136. The Morgan fingerprint density at radius 2 is 1.75 bits per heavy atom. The van der Waals surface area contributed by atoms with Crippen molar-refractivity contribution < 1.29 is 18.0 Å². The summed E-state index contributed by atoms with van der Waals surface area (Å²) >= 11 is 0. The second-order valence-corrected chi connectivity index (χ2v) is 8.15. The molecule has 2 aromatic carbocycles. The summed E-state index contributed by atoms with van der Waals surface area (Å²) in [5.41, 5.74) is 1.14. The number of imidazole rings is 1. The topological polar surface area (TPSA) is 65.2 Å². The first kappa shape index (κ1) is 21.7. The van der Waals surface area contributed by atoms with E-state index in [0.29, 0.717) is 37.4 Å². The minimum absolute atomic E-state index is 0.00789. The predicted molar refractivity (Wildman–Crippen MR) is 113 cm³/mol. The van der Waals surface area contributed by atoms with Gasteiger partial charge in [-0.1, -0.05) is 19.9 Å². The van der Waals surface area contributed by atoms with Gasteiger partial charge in [0.05, 0.1) is 23.0 Å². The van der Waals surface area contributed by atoms with Crippen LogP contribution in [0.15, 0.2) is 36.7 Å². The molecule has 3 aromatic rings. The standard InChI is InChI=1S/C23H22F3N5O/c1-14(2)22(31-13-28-19-10-17(25)18(26)11-21(19)31)23(32)30-8-6-29(7-9-30)20-5-3-4-16(24)15(20)12-27/h3-5,10-11,13-14,22H,6-9H2,1-2H3. The summed E-state index contributed by atoms with van der Waals surface area (Å²) < 4.78 is 43.0. The van der Waals surface area contributed by atoms with Crippen LogP contribution < -0.4 is 4.90 Å². The highest BCUT2D eigenvalue weighted by Gasteiger charge is 2.32. The average Bonchev–Trinajstić information content (AvgIpc) is 3.16. The van der Waals surface area contributed by atoms with E-state index in [4.69, 9.17) is 0 Å². The van der Waals surface area contributed by atoms with Gasteiger partial charge in [0.2, 0.25) is 5.91 Å². The fourth-order valence-electron chi connectivity index (χ4n) is 4.21. The van der Waals surface area contributed by atoms with Crippen molar-refractivity contribution in [3.63, 3.8) is 0 Å². The Morgan fingerprint density at radius 1 is 1.06 bits per heavy atom. The molecule has 1 aliphatic heterocycles. The zero-order valence-corrected chi connectivity index (χ0v) is 17.7. The van der Waals surface area contributed by atoms with Crippen molar-refractivity contribution >= 4 is 22.6 Å². The molecule has 166 valence electrons. The highest BCUT2D eigenvalue weighted by molar-refractivity contribution is 5.84. The second kappa shape index (κ2) is 8.54. The van der Waals surface area contributed by atoms with Gasteiger partial charge >= 0.3 is 0 Å². The van der Waals surface area contributed by atoms with Crippen molar-refractivity contribution in [1.29, 1.82) is 5.26 Å². The van der Waals surface area contributed by atoms with Crippen LogP contribution in [0.2, 0.25) is 0 Å². The van der Waals surface area contributed by atoms with Crippen molar-refractivity contribution in [2.24, 2.45) is 5.92 Å². The number of fused-ring (bicyclic) bond motifs is 1. The molecule has 1 amide bonds. The molecule has 2 heterocycles. The normalized spacial score (nSPS) is 15.3. The van der Waals surface area contributed by atoms with Crippen molar-refractivity contribution in [1.82, 2.24) is 14.5 Å². The minimum Gasteiger partial charge on any atom is -0.367 e. The van der Waals surface area contributed by atoms with Crippen LogP contribution in [-0.2, 0) is 4.79 Å². The van der Waals surface area contributed by atoms with Crippen LogP contribution in [-0.4, -0.2) is 46.5 Å². The van der Waals surface area contributed by atoms with Gasteiger partial charge in [-0.15, -0.1) is 0 Å². The van der Waals surface area contributed by atoms with Gasteiger partial charge in [0.25, 0.3) is 0 Å². The van der Waals surface area contributed by atoms with Gasteiger partial charge in [0, 0.05) is 38.3 Å². The monoisotopic (exact) mass is 441 g/mol. The molecule has 1 fully saturated rings. The third kappa shape index (κ3) is 3.77. The maximum Gasteiger partial charge on any atom is 0.246 e. The Balaban J connectivity index is 1.56.